The Bertz CT molecular complexity index is 1090. The topological polar surface area (TPSA) is 88.6 Å². The minimum absolute atomic E-state index is 0.00876. The normalized spacial score (nSPS) is 18.7. The van der Waals surface area contributed by atoms with E-state index in [1.165, 1.54) is 46.6 Å². The van der Waals surface area contributed by atoms with Gasteiger partial charge in [0.05, 0.1) is 16.1 Å². The third-order valence-corrected chi connectivity index (χ3v) is 22.6. The molecule has 260 valence electrons. The number of phenols is 2. The van der Waals surface area contributed by atoms with Crippen LogP contribution in [0.15, 0.2) is 24.3 Å². The zero-order valence-corrected chi connectivity index (χ0v) is 33.1. The molecular weight excluding hydrogens is 601 g/mol. The second-order valence-corrected chi connectivity index (χ2v) is 26.2. The third-order valence-electron chi connectivity index (χ3n) is 11.5. The average Bonchev–Trinajstić information content (AvgIpc) is 3.02. The molecule has 1 heterocycles. The summed E-state index contributed by atoms with van der Waals surface area (Å²) in [5, 5.41) is 40.8. The van der Waals surface area contributed by atoms with Crippen molar-refractivity contribution in [1.29, 1.82) is 0 Å². The minimum atomic E-state index is -1.62. The van der Waals surface area contributed by atoms with Crippen LogP contribution in [0.4, 0.5) is 0 Å². The summed E-state index contributed by atoms with van der Waals surface area (Å²) in [6, 6.07) is 16.6. The molecule has 2 aromatic carbocycles. The van der Waals surface area contributed by atoms with E-state index in [-0.39, 0.29) is 10.8 Å². The Balaban J connectivity index is 1.97. The maximum atomic E-state index is 11.5. The number of phenolic OH excluding ortho intramolecular Hbond substituents is 2. The molecule has 0 saturated carbocycles. The van der Waals surface area contributed by atoms with Crippen molar-refractivity contribution in [3.05, 3.63) is 46.5 Å². The van der Waals surface area contributed by atoms with Gasteiger partial charge in [0.1, 0.15) is 11.5 Å². The first-order chi connectivity index (χ1) is 21.7. The summed E-state index contributed by atoms with van der Waals surface area (Å²) in [7, 11) is -3.25. The molecule has 0 radical (unpaired) electrons. The Morgan fingerprint density at radius 1 is 0.478 bits per heavy atom. The smallest absolute Gasteiger partial charge is 0.124 e. The molecule has 4 bridgehead atoms. The Morgan fingerprint density at radius 2 is 0.696 bits per heavy atom. The van der Waals surface area contributed by atoms with Crippen molar-refractivity contribution in [3.8, 4) is 11.5 Å². The van der Waals surface area contributed by atoms with Gasteiger partial charge in [0, 0.05) is 74.6 Å². The van der Waals surface area contributed by atoms with Crippen LogP contribution in [-0.4, -0.2) is 52.5 Å². The van der Waals surface area contributed by atoms with Gasteiger partial charge in [-0.3, -0.25) is 0 Å². The third kappa shape index (κ3) is 9.26. The highest BCUT2D eigenvalue weighted by Gasteiger charge is 2.32. The van der Waals surface area contributed by atoms with Gasteiger partial charge in [-0.2, -0.15) is 0 Å². The molecule has 0 spiro atoms. The summed E-state index contributed by atoms with van der Waals surface area (Å²) in [6.07, 6.45) is 0. The molecule has 1 aliphatic heterocycles. The summed E-state index contributed by atoms with van der Waals surface area (Å²) in [4.78, 5) is 0. The number of hydrogen-bond donors (Lipinski definition) is 6. The summed E-state index contributed by atoms with van der Waals surface area (Å²) >= 11 is 0. The highest BCUT2D eigenvalue weighted by molar-refractivity contribution is 6.92. The standard InChI is InChI=1S/C38H68N4O2Si2/c1-11-45(12-2,13-3)33-17-29-21-39-25-37(7,8)27-41-23-31-19-34(46(14-4,15-5)16-6)20-32(36(31)44)24-42-28-38(9,10)26-40-22-30(18-33)35(29)43/h17-20,39-44H,11-16,21-28H2,1-10H3. The Labute approximate surface area is 284 Å². The lowest BCUT2D eigenvalue weighted by Gasteiger charge is -2.32. The second kappa shape index (κ2) is 16.6. The second-order valence-electron chi connectivity index (χ2n) is 15.7. The Morgan fingerprint density at radius 3 is 0.891 bits per heavy atom. The van der Waals surface area contributed by atoms with Gasteiger partial charge in [-0.15, -0.1) is 0 Å². The molecule has 6 N–H and O–H groups in total. The van der Waals surface area contributed by atoms with E-state index in [1.807, 2.05) is 0 Å². The number of fused-ring (bicyclic) bond motifs is 4. The summed E-state index contributed by atoms with van der Waals surface area (Å²) < 4.78 is 0. The average molecular weight is 669 g/mol. The van der Waals surface area contributed by atoms with Crippen LogP contribution in [0.2, 0.25) is 36.3 Å². The van der Waals surface area contributed by atoms with Crippen molar-refractivity contribution in [1.82, 2.24) is 21.3 Å². The molecule has 0 saturated heterocycles. The lowest BCUT2D eigenvalue weighted by Crippen LogP contribution is -2.46. The number of benzene rings is 2. The van der Waals surface area contributed by atoms with E-state index in [2.05, 4.69) is 115 Å². The maximum Gasteiger partial charge on any atom is 0.124 e. The van der Waals surface area contributed by atoms with Crippen LogP contribution < -0.4 is 31.6 Å². The van der Waals surface area contributed by atoms with E-state index >= 15 is 0 Å². The van der Waals surface area contributed by atoms with E-state index in [0.717, 1.165) is 48.4 Å². The lowest BCUT2D eigenvalue weighted by atomic mass is 9.92. The van der Waals surface area contributed by atoms with Gasteiger partial charge in [0.15, 0.2) is 0 Å². The summed E-state index contributed by atoms with van der Waals surface area (Å²) in [5.74, 6) is 0.874. The first-order valence-electron chi connectivity index (χ1n) is 18.3. The van der Waals surface area contributed by atoms with Crippen molar-refractivity contribution >= 4 is 26.5 Å². The van der Waals surface area contributed by atoms with Gasteiger partial charge in [-0.25, -0.2) is 0 Å². The van der Waals surface area contributed by atoms with E-state index in [0.29, 0.717) is 37.7 Å². The van der Waals surface area contributed by atoms with Gasteiger partial charge < -0.3 is 31.5 Å². The molecule has 46 heavy (non-hydrogen) atoms. The molecule has 0 fully saturated rings. The molecule has 0 amide bonds. The summed E-state index contributed by atoms with van der Waals surface area (Å²) in [6.45, 7) is 29.1. The molecule has 0 aromatic heterocycles. The van der Waals surface area contributed by atoms with Gasteiger partial charge in [0.25, 0.3) is 0 Å². The fourth-order valence-corrected chi connectivity index (χ4v) is 15.0. The van der Waals surface area contributed by atoms with Gasteiger partial charge in [-0.05, 0) is 10.8 Å². The number of nitrogens with one attached hydrogen (secondary N) is 4. The largest absolute Gasteiger partial charge is 0.507 e. The molecule has 0 unspecified atom stereocenters. The van der Waals surface area contributed by atoms with Gasteiger partial charge in [0.2, 0.25) is 0 Å². The van der Waals surface area contributed by atoms with Crippen molar-refractivity contribution in [2.24, 2.45) is 10.8 Å². The Hall–Kier alpha value is -1.69. The number of rotatable bonds is 8. The van der Waals surface area contributed by atoms with E-state index < -0.39 is 16.1 Å². The first-order valence-corrected chi connectivity index (χ1v) is 23.5. The fourth-order valence-electron chi connectivity index (χ4n) is 7.66. The monoisotopic (exact) mass is 668 g/mol. The molecule has 3 rings (SSSR count). The summed E-state index contributed by atoms with van der Waals surface area (Å²) in [5.41, 5.74) is 4.06. The SMILES string of the molecule is CC[Si](CC)(CC)c1cc2c(O)c(c1)CNCC(C)(C)CNCc1cc([Si](CC)(CC)CC)cc(c1O)CNCC(C)(C)CNC2. The van der Waals surface area contributed by atoms with Crippen molar-refractivity contribution in [3.63, 3.8) is 0 Å². The van der Waals surface area contributed by atoms with Gasteiger partial charge in [-0.1, -0.05) is 140 Å². The Kier molecular flexibility index (Phi) is 14.0. The molecule has 0 aliphatic carbocycles. The molecule has 2 aromatic rings. The van der Waals surface area contributed by atoms with E-state index in [1.54, 1.807) is 0 Å². The van der Waals surface area contributed by atoms with Crippen LogP contribution in [0.25, 0.3) is 0 Å². The lowest BCUT2D eigenvalue weighted by molar-refractivity contribution is 0.313. The zero-order chi connectivity index (χ0) is 34.2. The van der Waals surface area contributed by atoms with Crippen LogP contribution in [-0.2, 0) is 26.2 Å². The predicted molar refractivity (Wildman–Crippen MR) is 204 cm³/mol. The number of hydrogen-bond acceptors (Lipinski definition) is 6. The number of aromatic hydroxyl groups is 2. The van der Waals surface area contributed by atoms with Crippen molar-refractivity contribution in [2.75, 3.05) is 26.2 Å². The molecular formula is C38H68N4O2Si2. The maximum absolute atomic E-state index is 11.5. The van der Waals surface area contributed by atoms with Gasteiger partial charge >= 0.3 is 0 Å². The fraction of sp³-hybridized carbons (Fsp3) is 0.684. The van der Waals surface area contributed by atoms with Crippen LogP contribution >= 0.6 is 0 Å². The van der Waals surface area contributed by atoms with Crippen molar-refractivity contribution < 1.29 is 10.2 Å². The van der Waals surface area contributed by atoms with E-state index in [9.17, 15) is 10.2 Å². The molecule has 1 aliphatic rings. The van der Waals surface area contributed by atoms with E-state index in [4.69, 9.17) is 0 Å². The quantitative estimate of drug-likeness (QED) is 0.177. The molecule has 6 nitrogen and oxygen atoms in total. The van der Waals surface area contributed by atoms with Crippen LogP contribution in [0.1, 0.15) is 91.5 Å². The highest BCUT2D eigenvalue weighted by Crippen LogP contribution is 2.30. The minimum Gasteiger partial charge on any atom is -0.507 e. The molecule has 0 atom stereocenters. The van der Waals surface area contributed by atoms with Crippen molar-refractivity contribution in [2.45, 2.75) is 132 Å². The van der Waals surface area contributed by atoms with Crippen LogP contribution in [0.5, 0.6) is 11.5 Å². The van der Waals surface area contributed by atoms with Crippen LogP contribution in [0, 0.1) is 10.8 Å². The molecule has 8 heteroatoms. The zero-order valence-electron chi connectivity index (χ0n) is 31.1. The van der Waals surface area contributed by atoms with Crippen LogP contribution in [0.3, 0.4) is 0 Å². The first kappa shape index (κ1) is 38.8. The highest BCUT2D eigenvalue weighted by atomic mass is 28.3. The predicted octanol–water partition coefficient (Wildman–Crippen LogP) is 6.65.